The van der Waals surface area contributed by atoms with Gasteiger partial charge in [-0.1, -0.05) is 6.07 Å². The first-order valence-corrected chi connectivity index (χ1v) is 7.67. The van der Waals surface area contributed by atoms with Crippen LogP contribution in [-0.2, 0) is 0 Å². The summed E-state index contributed by atoms with van der Waals surface area (Å²) in [6.45, 7) is 0. The molecule has 2 heterocycles. The van der Waals surface area contributed by atoms with E-state index in [1.165, 1.54) is 23.5 Å². The summed E-state index contributed by atoms with van der Waals surface area (Å²) in [6, 6.07) is 11.5. The molecule has 2 aromatic heterocycles. The molecule has 114 valence electrons. The zero-order valence-electron chi connectivity index (χ0n) is 11.7. The smallest absolute Gasteiger partial charge is 0.408 e. The van der Waals surface area contributed by atoms with Crippen LogP contribution in [0.1, 0.15) is 0 Å². The zero-order valence-corrected chi connectivity index (χ0v) is 12.5. The SMILES string of the molecule is O=c1[nH]c2ccc(-c3csc(Nc4ccc(F)cc4)n3)cc2o1. The Morgan fingerprint density at radius 1 is 1.17 bits per heavy atom. The Balaban J connectivity index is 1.63. The molecule has 2 aromatic carbocycles. The van der Waals surface area contributed by atoms with E-state index in [0.29, 0.717) is 16.2 Å². The van der Waals surface area contributed by atoms with Crippen LogP contribution in [-0.4, -0.2) is 9.97 Å². The lowest BCUT2D eigenvalue weighted by Crippen LogP contribution is -1.92. The molecular formula is C16H10FN3O2S. The number of aromatic amines is 1. The fraction of sp³-hybridized carbons (Fsp3) is 0. The van der Waals surface area contributed by atoms with Crippen molar-refractivity contribution in [1.29, 1.82) is 0 Å². The summed E-state index contributed by atoms with van der Waals surface area (Å²) < 4.78 is 18.0. The van der Waals surface area contributed by atoms with Gasteiger partial charge in [-0.25, -0.2) is 14.2 Å². The first kappa shape index (κ1) is 13.7. The van der Waals surface area contributed by atoms with Crippen molar-refractivity contribution in [3.63, 3.8) is 0 Å². The van der Waals surface area contributed by atoms with E-state index in [4.69, 9.17) is 4.42 Å². The third-order valence-electron chi connectivity index (χ3n) is 3.32. The predicted octanol–water partition coefficient (Wildman–Crippen LogP) is 4.13. The van der Waals surface area contributed by atoms with Crippen LogP contribution in [0.2, 0.25) is 0 Å². The van der Waals surface area contributed by atoms with Gasteiger partial charge in [0.1, 0.15) is 5.82 Å². The minimum atomic E-state index is -0.478. The lowest BCUT2D eigenvalue weighted by molar-refractivity contribution is 0.555. The third-order valence-corrected chi connectivity index (χ3v) is 4.07. The molecule has 0 atom stereocenters. The number of oxazole rings is 1. The molecular weight excluding hydrogens is 317 g/mol. The first-order valence-electron chi connectivity index (χ1n) is 6.79. The van der Waals surface area contributed by atoms with Crippen molar-refractivity contribution in [3.05, 3.63) is 64.2 Å². The summed E-state index contributed by atoms with van der Waals surface area (Å²) in [6.07, 6.45) is 0. The number of anilines is 2. The van der Waals surface area contributed by atoms with E-state index in [-0.39, 0.29) is 5.82 Å². The standard InChI is InChI=1S/C16H10FN3O2S/c17-10-2-4-11(5-3-10)18-15-19-13(8-23-15)9-1-6-12-14(7-9)22-16(21)20-12/h1-8H,(H,18,19)(H,20,21). The van der Waals surface area contributed by atoms with Crippen LogP contribution in [0.3, 0.4) is 0 Å². The Morgan fingerprint density at radius 2 is 2.00 bits per heavy atom. The molecule has 0 amide bonds. The fourth-order valence-electron chi connectivity index (χ4n) is 2.23. The molecule has 7 heteroatoms. The lowest BCUT2D eigenvalue weighted by atomic mass is 10.1. The molecule has 5 nitrogen and oxygen atoms in total. The van der Waals surface area contributed by atoms with E-state index in [2.05, 4.69) is 15.3 Å². The molecule has 0 unspecified atom stereocenters. The average molecular weight is 327 g/mol. The number of aromatic nitrogens is 2. The summed E-state index contributed by atoms with van der Waals surface area (Å²) in [5.74, 6) is -0.759. The molecule has 0 radical (unpaired) electrons. The van der Waals surface area contributed by atoms with Crippen LogP contribution in [0.15, 0.2) is 57.1 Å². The van der Waals surface area contributed by atoms with Gasteiger partial charge in [-0.05, 0) is 36.4 Å². The maximum absolute atomic E-state index is 12.9. The summed E-state index contributed by atoms with van der Waals surface area (Å²) >= 11 is 1.44. The Labute approximate surface area is 133 Å². The molecule has 0 saturated carbocycles. The second-order valence-electron chi connectivity index (χ2n) is 4.90. The quantitative estimate of drug-likeness (QED) is 0.593. The number of hydrogen-bond acceptors (Lipinski definition) is 5. The highest BCUT2D eigenvalue weighted by Gasteiger charge is 2.08. The summed E-state index contributed by atoms with van der Waals surface area (Å²) in [5, 5.41) is 5.72. The molecule has 4 aromatic rings. The van der Waals surface area contributed by atoms with Gasteiger partial charge in [0.15, 0.2) is 10.7 Å². The molecule has 0 saturated heterocycles. The topological polar surface area (TPSA) is 70.9 Å². The molecule has 0 aliphatic heterocycles. The summed E-state index contributed by atoms with van der Waals surface area (Å²) in [5.41, 5.74) is 3.53. The van der Waals surface area contributed by atoms with Gasteiger partial charge >= 0.3 is 5.76 Å². The maximum Gasteiger partial charge on any atom is 0.417 e. The van der Waals surface area contributed by atoms with Gasteiger partial charge in [0.25, 0.3) is 0 Å². The van der Waals surface area contributed by atoms with Crippen molar-refractivity contribution in [2.75, 3.05) is 5.32 Å². The van der Waals surface area contributed by atoms with Crippen LogP contribution in [0.5, 0.6) is 0 Å². The van der Waals surface area contributed by atoms with Crippen molar-refractivity contribution in [2.24, 2.45) is 0 Å². The second-order valence-corrected chi connectivity index (χ2v) is 5.75. The van der Waals surface area contributed by atoms with Crippen molar-refractivity contribution < 1.29 is 8.81 Å². The number of thiazole rings is 1. The highest BCUT2D eigenvalue weighted by Crippen LogP contribution is 2.28. The van der Waals surface area contributed by atoms with Crippen molar-refractivity contribution in [2.45, 2.75) is 0 Å². The molecule has 4 rings (SSSR count). The van der Waals surface area contributed by atoms with Gasteiger partial charge < -0.3 is 9.73 Å². The number of H-pyrrole nitrogens is 1. The van der Waals surface area contributed by atoms with Crippen LogP contribution in [0.4, 0.5) is 15.2 Å². The number of nitrogens with zero attached hydrogens (tertiary/aromatic N) is 1. The first-order chi connectivity index (χ1) is 11.2. The van der Waals surface area contributed by atoms with Crippen molar-refractivity contribution in [1.82, 2.24) is 9.97 Å². The van der Waals surface area contributed by atoms with E-state index in [9.17, 15) is 9.18 Å². The lowest BCUT2D eigenvalue weighted by Gasteiger charge is -2.01. The van der Waals surface area contributed by atoms with Gasteiger partial charge in [-0.2, -0.15) is 0 Å². The fourth-order valence-corrected chi connectivity index (χ4v) is 2.97. The highest BCUT2D eigenvalue weighted by atomic mass is 32.1. The van der Waals surface area contributed by atoms with Gasteiger partial charge in [-0.15, -0.1) is 11.3 Å². The van der Waals surface area contributed by atoms with Gasteiger partial charge in [0.2, 0.25) is 0 Å². The largest absolute Gasteiger partial charge is 0.417 e. The number of rotatable bonds is 3. The summed E-state index contributed by atoms with van der Waals surface area (Å²) in [7, 11) is 0. The number of hydrogen-bond donors (Lipinski definition) is 2. The predicted molar refractivity (Wildman–Crippen MR) is 87.6 cm³/mol. The van der Waals surface area contributed by atoms with Crippen molar-refractivity contribution >= 4 is 33.3 Å². The number of benzene rings is 2. The molecule has 23 heavy (non-hydrogen) atoms. The maximum atomic E-state index is 12.9. The molecule has 0 aliphatic rings. The van der Waals surface area contributed by atoms with E-state index in [1.807, 2.05) is 11.4 Å². The second kappa shape index (κ2) is 5.36. The Bertz CT molecular complexity index is 1030. The van der Waals surface area contributed by atoms with Gasteiger partial charge in [-0.3, -0.25) is 4.98 Å². The Morgan fingerprint density at radius 3 is 2.83 bits per heavy atom. The minimum absolute atomic E-state index is 0.281. The van der Waals surface area contributed by atoms with E-state index in [0.717, 1.165) is 16.9 Å². The van der Waals surface area contributed by atoms with Crippen molar-refractivity contribution in [3.8, 4) is 11.3 Å². The average Bonchev–Trinajstić information content (AvgIpc) is 3.14. The molecule has 0 bridgehead atoms. The minimum Gasteiger partial charge on any atom is -0.408 e. The third kappa shape index (κ3) is 2.74. The highest BCUT2D eigenvalue weighted by molar-refractivity contribution is 7.14. The zero-order chi connectivity index (χ0) is 15.8. The van der Waals surface area contributed by atoms with Gasteiger partial charge in [0.05, 0.1) is 11.2 Å². The Kier molecular flexibility index (Phi) is 3.20. The van der Waals surface area contributed by atoms with Crippen LogP contribution in [0, 0.1) is 5.82 Å². The Hall–Kier alpha value is -2.93. The molecule has 2 N–H and O–H groups in total. The van der Waals surface area contributed by atoms with Crippen LogP contribution in [0.25, 0.3) is 22.4 Å². The van der Waals surface area contributed by atoms with Crippen LogP contribution < -0.4 is 11.1 Å². The van der Waals surface area contributed by atoms with Gasteiger partial charge in [0, 0.05) is 16.6 Å². The van der Waals surface area contributed by atoms with E-state index in [1.54, 1.807) is 24.3 Å². The van der Waals surface area contributed by atoms with E-state index >= 15 is 0 Å². The molecule has 0 aliphatic carbocycles. The number of halogens is 1. The number of fused-ring (bicyclic) bond motifs is 1. The van der Waals surface area contributed by atoms with E-state index < -0.39 is 5.76 Å². The van der Waals surface area contributed by atoms with Crippen LogP contribution >= 0.6 is 11.3 Å². The monoisotopic (exact) mass is 327 g/mol. The molecule has 0 fully saturated rings. The number of nitrogens with one attached hydrogen (secondary N) is 2. The molecule has 0 spiro atoms. The summed E-state index contributed by atoms with van der Waals surface area (Å²) in [4.78, 5) is 18.3. The normalized spacial score (nSPS) is 11.0.